The average Bonchev–Trinajstić information content (AvgIpc) is 2.83. The molecule has 2 saturated heterocycles. The molecular formula is C22H33BO4. The lowest BCUT2D eigenvalue weighted by molar-refractivity contribution is -0.0871. The van der Waals surface area contributed by atoms with E-state index in [9.17, 15) is 0 Å². The average molecular weight is 372 g/mol. The summed E-state index contributed by atoms with van der Waals surface area (Å²) in [5.74, 6) is 2.02. The second kappa shape index (κ2) is 8.91. The van der Waals surface area contributed by atoms with E-state index < -0.39 is 0 Å². The molecular weight excluding hydrogens is 339 g/mol. The van der Waals surface area contributed by atoms with Crippen molar-refractivity contribution in [1.29, 1.82) is 0 Å². The van der Waals surface area contributed by atoms with Crippen LogP contribution in [0.1, 0.15) is 58.9 Å². The highest BCUT2D eigenvalue weighted by Gasteiger charge is 2.49. The highest BCUT2D eigenvalue weighted by atomic mass is 16.7. The van der Waals surface area contributed by atoms with Gasteiger partial charge < -0.3 is 18.8 Å². The second-order valence-electron chi connectivity index (χ2n) is 8.60. The van der Waals surface area contributed by atoms with Crippen LogP contribution in [0.3, 0.4) is 0 Å². The first-order valence-corrected chi connectivity index (χ1v) is 10.2. The zero-order valence-corrected chi connectivity index (χ0v) is 17.1. The van der Waals surface area contributed by atoms with Crippen LogP contribution in [0.25, 0.3) is 0 Å². The molecule has 0 amide bonds. The molecule has 2 aliphatic heterocycles. The Morgan fingerprint density at radius 3 is 2.41 bits per heavy atom. The lowest BCUT2D eigenvalue weighted by Gasteiger charge is -2.32. The number of ether oxygens (including phenoxy) is 2. The smallest absolute Gasteiger partial charge is 0.400 e. The maximum Gasteiger partial charge on any atom is 0.486 e. The Hall–Kier alpha value is -1.14. The van der Waals surface area contributed by atoms with Crippen LogP contribution in [0.2, 0.25) is 0 Å². The van der Waals surface area contributed by atoms with Gasteiger partial charge in [-0.3, -0.25) is 0 Å². The number of hydrogen-bond donors (Lipinski definition) is 0. The van der Waals surface area contributed by atoms with Gasteiger partial charge in [0, 0.05) is 0 Å². The fraction of sp³-hybridized carbons (Fsp3) is 0.636. The lowest BCUT2D eigenvalue weighted by Crippen LogP contribution is -2.41. The van der Waals surface area contributed by atoms with Crippen molar-refractivity contribution in [1.82, 2.24) is 0 Å². The fourth-order valence-corrected chi connectivity index (χ4v) is 3.47. The van der Waals surface area contributed by atoms with Gasteiger partial charge in [0.15, 0.2) is 0 Å². The van der Waals surface area contributed by atoms with Crippen LogP contribution in [-0.2, 0) is 25.4 Å². The standard InChI is InChI=1S/C22H33BO4/c1-21(2)22(3,4)27-23(26-21)15-9-14-19-12-8-13-20(25-19)17-24-16-18-10-6-5-7-11-18/h5-7,9-11,15,19-20H,8,12-14,16-17H2,1-4H3/b15-9+/t19-,20+/m1/s1. The van der Waals surface area contributed by atoms with Crippen LogP contribution in [0.5, 0.6) is 0 Å². The Morgan fingerprint density at radius 2 is 1.70 bits per heavy atom. The molecule has 2 atom stereocenters. The molecule has 0 spiro atoms. The molecule has 2 aliphatic rings. The van der Waals surface area contributed by atoms with Crippen LogP contribution in [-0.4, -0.2) is 37.1 Å². The monoisotopic (exact) mass is 372 g/mol. The molecule has 0 bridgehead atoms. The summed E-state index contributed by atoms with van der Waals surface area (Å²) >= 11 is 0. The van der Waals surface area contributed by atoms with Crippen LogP contribution >= 0.6 is 0 Å². The SMILES string of the molecule is CC1(C)OB(/C=C/C[C@H]2CCC[C@@H](COCc3ccccc3)O2)OC1(C)C. The largest absolute Gasteiger partial charge is 0.486 e. The van der Waals surface area contributed by atoms with E-state index in [-0.39, 0.29) is 30.5 Å². The predicted octanol–water partition coefficient (Wildman–Crippen LogP) is 4.72. The number of rotatable bonds is 7. The minimum absolute atomic E-state index is 0.192. The van der Waals surface area contributed by atoms with E-state index in [0.717, 1.165) is 19.3 Å². The van der Waals surface area contributed by atoms with Gasteiger partial charge in [-0.05, 0) is 58.9 Å². The van der Waals surface area contributed by atoms with Gasteiger partial charge in [0.2, 0.25) is 0 Å². The molecule has 4 nitrogen and oxygen atoms in total. The first-order chi connectivity index (χ1) is 12.9. The van der Waals surface area contributed by atoms with Gasteiger partial charge >= 0.3 is 7.12 Å². The molecule has 27 heavy (non-hydrogen) atoms. The highest BCUT2D eigenvalue weighted by molar-refractivity contribution is 6.51. The molecule has 2 heterocycles. The van der Waals surface area contributed by atoms with Gasteiger partial charge in [-0.15, -0.1) is 0 Å². The molecule has 2 fully saturated rings. The molecule has 1 aromatic carbocycles. The van der Waals surface area contributed by atoms with E-state index in [4.69, 9.17) is 18.8 Å². The molecule has 0 radical (unpaired) electrons. The van der Waals surface area contributed by atoms with E-state index in [2.05, 4.69) is 45.9 Å². The first-order valence-electron chi connectivity index (χ1n) is 10.2. The summed E-state index contributed by atoms with van der Waals surface area (Å²) < 4.78 is 24.1. The van der Waals surface area contributed by atoms with Crippen molar-refractivity contribution in [2.24, 2.45) is 0 Å². The van der Waals surface area contributed by atoms with Gasteiger partial charge in [0.25, 0.3) is 0 Å². The Balaban J connectivity index is 1.38. The Bertz CT molecular complexity index is 598. The van der Waals surface area contributed by atoms with E-state index in [1.165, 1.54) is 12.0 Å². The number of hydrogen-bond acceptors (Lipinski definition) is 4. The van der Waals surface area contributed by atoms with E-state index >= 15 is 0 Å². The molecule has 0 N–H and O–H groups in total. The van der Waals surface area contributed by atoms with Crippen molar-refractivity contribution in [3.05, 3.63) is 47.9 Å². The van der Waals surface area contributed by atoms with E-state index in [0.29, 0.717) is 13.2 Å². The Kier molecular flexibility index (Phi) is 6.80. The van der Waals surface area contributed by atoms with Crippen molar-refractivity contribution in [2.45, 2.75) is 83.4 Å². The Morgan fingerprint density at radius 1 is 1.04 bits per heavy atom. The summed E-state index contributed by atoms with van der Waals surface area (Å²) in [6, 6.07) is 10.3. The molecule has 0 aromatic heterocycles. The molecule has 3 rings (SSSR count). The van der Waals surface area contributed by atoms with Gasteiger partial charge in [0.1, 0.15) is 0 Å². The molecule has 0 saturated carbocycles. The van der Waals surface area contributed by atoms with Crippen molar-refractivity contribution in [3.8, 4) is 0 Å². The van der Waals surface area contributed by atoms with Crippen molar-refractivity contribution in [3.63, 3.8) is 0 Å². The second-order valence-corrected chi connectivity index (χ2v) is 8.60. The quantitative estimate of drug-likeness (QED) is 0.649. The fourth-order valence-electron chi connectivity index (χ4n) is 3.47. The highest BCUT2D eigenvalue weighted by Crippen LogP contribution is 2.37. The molecule has 5 heteroatoms. The van der Waals surface area contributed by atoms with Gasteiger partial charge in [0.05, 0.1) is 36.6 Å². The maximum atomic E-state index is 6.21. The topological polar surface area (TPSA) is 36.9 Å². The lowest BCUT2D eigenvalue weighted by atomic mass is 9.89. The summed E-state index contributed by atoms with van der Waals surface area (Å²) in [4.78, 5) is 0. The normalized spacial score (nSPS) is 27.3. The first kappa shape index (κ1) is 20.6. The van der Waals surface area contributed by atoms with Crippen molar-refractivity contribution >= 4 is 7.12 Å². The Labute approximate surface area is 164 Å². The minimum atomic E-state index is -0.287. The summed E-state index contributed by atoms with van der Waals surface area (Å²) in [6.45, 7) is 9.60. The van der Waals surface area contributed by atoms with Crippen molar-refractivity contribution < 1.29 is 18.8 Å². The van der Waals surface area contributed by atoms with Crippen LogP contribution < -0.4 is 0 Å². The summed E-state index contributed by atoms with van der Waals surface area (Å²) in [5, 5.41) is 0. The van der Waals surface area contributed by atoms with Crippen LogP contribution in [0, 0.1) is 0 Å². The predicted molar refractivity (Wildman–Crippen MR) is 108 cm³/mol. The maximum absolute atomic E-state index is 6.21. The third-order valence-electron chi connectivity index (χ3n) is 5.82. The third-order valence-corrected chi connectivity index (χ3v) is 5.82. The zero-order chi connectivity index (χ0) is 19.3. The minimum Gasteiger partial charge on any atom is -0.400 e. The summed E-state index contributed by atoms with van der Waals surface area (Å²) in [6.07, 6.45) is 6.84. The van der Waals surface area contributed by atoms with Crippen molar-refractivity contribution in [2.75, 3.05) is 6.61 Å². The van der Waals surface area contributed by atoms with E-state index in [1.54, 1.807) is 0 Å². The van der Waals surface area contributed by atoms with E-state index in [1.807, 2.05) is 24.2 Å². The van der Waals surface area contributed by atoms with Crippen LogP contribution in [0.15, 0.2) is 42.4 Å². The summed E-state index contributed by atoms with van der Waals surface area (Å²) in [5.41, 5.74) is 0.630. The van der Waals surface area contributed by atoms with Gasteiger partial charge in [-0.1, -0.05) is 42.4 Å². The number of benzene rings is 1. The molecule has 148 valence electrons. The van der Waals surface area contributed by atoms with Gasteiger partial charge in [-0.2, -0.15) is 0 Å². The van der Waals surface area contributed by atoms with Crippen LogP contribution in [0.4, 0.5) is 0 Å². The third kappa shape index (κ3) is 5.67. The molecule has 1 aromatic rings. The zero-order valence-electron chi connectivity index (χ0n) is 17.1. The molecule has 0 aliphatic carbocycles. The molecule has 0 unspecified atom stereocenters. The van der Waals surface area contributed by atoms with Gasteiger partial charge in [-0.25, -0.2) is 0 Å². The summed E-state index contributed by atoms with van der Waals surface area (Å²) in [7, 11) is -0.274.